The number of anilines is 2. The van der Waals surface area contributed by atoms with Crippen molar-refractivity contribution in [2.24, 2.45) is 0 Å². The van der Waals surface area contributed by atoms with E-state index in [1.807, 2.05) is 26.8 Å². The van der Waals surface area contributed by atoms with E-state index in [-0.39, 0.29) is 0 Å². The topological polar surface area (TPSA) is 58.3 Å². The minimum atomic E-state index is -0.469. The van der Waals surface area contributed by atoms with Gasteiger partial charge in [0, 0.05) is 5.69 Å². The minimum Gasteiger partial charge on any atom is -0.398 e. The van der Waals surface area contributed by atoms with E-state index in [0.29, 0.717) is 10.7 Å². The van der Waals surface area contributed by atoms with Crippen molar-refractivity contribution in [1.29, 1.82) is 0 Å². The molecule has 0 aliphatic carbocycles. The summed E-state index contributed by atoms with van der Waals surface area (Å²) >= 11 is 5.97. The van der Waals surface area contributed by atoms with Gasteiger partial charge in [0.1, 0.15) is 0 Å². The normalized spacial score (nSPS) is 13.6. The first kappa shape index (κ1) is 13.1. The number of nitrogens with one attached hydrogen (secondary N) is 1. The zero-order valence-electron chi connectivity index (χ0n) is 10.1. The van der Waals surface area contributed by atoms with Crippen molar-refractivity contribution in [3.63, 3.8) is 0 Å². The fourth-order valence-corrected chi connectivity index (χ4v) is 1.45. The molecule has 4 heteroatoms. The van der Waals surface area contributed by atoms with Crippen molar-refractivity contribution in [2.75, 3.05) is 11.1 Å². The van der Waals surface area contributed by atoms with Crippen LogP contribution in [0.15, 0.2) is 12.1 Å². The average molecular weight is 243 g/mol. The number of halogens is 1. The maximum Gasteiger partial charge on any atom is 0.0736 e. The first-order valence-electron chi connectivity index (χ1n) is 5.26. The molecule has 4 N–H and O–H groups in total. The van der Waals surface area contributed by atoms with Crippen molar-refractivity contribution < 1.29 is 5.11 Å². The third-order valence-electron chi connectivity index (χ3n) is 2.84. The largest absolute Gasteiger partial charge is 0.398 e. The molecule has 1 atom stereocenters. The molecule has 1 unspecified atom stereocenters. The number of nitrogen functional groups attached to an aromatic ring is 1. The monoisotopic (exact) mass is 242 g/mol. The van der Waals surface area contributed by atoms with Crippen molar-refractivity contribution in [2.45, 2.75) is 39.3 Å². The lowest BCUT2D eigenvalue weighted by Crippen LogP contribution is -2.42. The van der Waals surface area contributed by atoms with Gasteiger partial charge in [0.15, 0.2) is 0 Å². The molecule has 1 aromatic carbocycles. The lowest BCUT2D eigenvalue weighted by atomic mass is 9.97. The second-order valence-electron chi connectivity index (χ2n) is 4.71. The van der Waals surface area contributed by atoms with Crippen molar-refractivity contribution in [3.05, 3.63) is 22.7 Å². The minimum absolute atomic E-state index is 0.412. The highest BCUT2D eigenvalue weighted by atomic mass is 35.5. The van der Waals surface area contributed by atoms with Crippen LogP contribution in [0.4, 0.5) is 11.4 Å². The quantitative estimate of drug-likeness (QED) is 0.715. The average Bonchev–Trinajstić information content (AvgIpc) is 2.13. The van der Waals surface area contributed by atoms with Gasteiger partial charge in [-0.1, -0.05) is 11.6 Å². The number of aliphatic hydroxyl groups excluding tert-OH is 1. The van der Waals surface area contributed by atoms with Crippen LogP contribution in [-0.4, -0.2) is 16.7 Å². The van der Waals surface area contributed by atoms with E-state index < -0.39 is 11.6 Å². The number of nitrogens with two attached hydrogens (primary N) is 1. The summed E-state index contributed by atoms with van der Waals surface area (Å²) in [5, 5.41) is 13.4. The Morgan fingerprint density at radius 1 is 1.44 bits per heavy atom. The van der Waals surface area contributed by atoms with Crippen molar-refractivity contribution >= 4 is 23.0 Å². The maximum absolute atomic E-state index is 9.64. The molecule has 90 valence electrons. The fourth-order valence-electron chi connectivity index (χ4n) is 1.29. The summed E-state index contributed by atoms with van der Waals surface area (Å²) < 4.78 is 0. The van der Waals surface area contributed by atoms with E-state index in [4.69, 9.17) is 17.3 Å². The molecule has 0 fully saturated rings. The summed E-state index contributed by atoms with van der Waals surface area (Å²) in [7, 11) is 0. The summed E-state index contributed by atoms with van der Waals surface area (Å²) in [5.41, 5.74) is 7.76. The Kier molecular flexibility index (Phi) is 3.71. The number of aryl methyl sites for hydroxylation is 1. The van der Waals surface area contributed by atoms with Gasteiger partial charge in [0.2, 0.25) is 0 Å². The lowest BCUT2D eigenvalue weighted by Gasteiger charge is -2.31. The van der Waals surface area contributed by atoms with Crippen LogP contribution in [0.2, 0.25) is 5.02 Å². The van der Waals surface area contributed by atoms with Gasteiger partial charge < -0.3 is 16.2 Å². The van der Waals surface area contributed by atoms with Crippen LogP contribution in [0.3, 0.4) is 0 Å². The highest BCUT2D eigenvalue weighted by molar-refractivity contribution is 6.33. The second-order valence-corrected chi connectivity index (χ2v) is 5.12. The molecule has 0 bridgehead atoms. The van der Waals surface area contributed by atoms with Crippen molar-refractivity contribution in [1.82, 2.24) is 0 Å². The van der Waals surface area contributed by atoms with Crippen LogP contribution in [0, 0.1) is 6.92 Å². The van der Waals surface area contributed by atoms with Crippen LogP contribution < -0.4 is 11.1 Å². The second kappa shape index (κ2) is 4.52. The number of hydrogen-bond acceptors (Lipinski definition) is 3. The van der Waals surface area contributed by atoms with E-state index in [9.17, 15) is 5.11 Å². The van der Waals surface area contributed by atoms with E-state index in [1.165, 1.54) is 0 Å². The molecule has 3 nitrogen and oxygen atoms in total. The molecule has 16 heavy (non-hydrogen) atoms. The standard InChI is InChI=1S/C12H19ClN2O/c1-7-5-10(14)9(13)6-11(7)15-12(3,4)8(2)16/h5-6,8,15-16H,14H2,1-4H3. The molecule has 1 rings (SSSR count). The summed E-state index contributed by atoms with van der Waals surface area (Å²) in [4.78, 5) is 0. The first-order chi connectivity index (χ1) is 7.24. The highest BCUT2D eigenvalue weighted by Gasteiger charge is 2.24. The molecule has 0 aliphatic rings. The third-order valence-corrected chi connectivity index (χ3v) is 3.17. The van der Waals surface area contributed by atoms with Crippen molar-refractivity contribution in [3.8, 4) is 0 Å². The van der Waals surface area contributed by atoms with Crippen LogP contribution >= 0.6 is 11.6 Å². The summed E-state index contributed by atoms with van der Waals surface area (Å²) in [6.45, 7) is 7.57. The van der Waals surface area contributed by atoms with Gasteiger partial charge in [0.25, 0.3) is 0 Å². The van der Waals surface area contributed by atoms with E-state index in [0.717, 1.165) is 11.3 Å². The predicted octanol–water partition coefficient (Wildman–Crippen LogP) is 2.80. The Morgan fingerprint density at radius 2 is 2.00 bits per heavy atom. The SMILES string of the molecule is Cc1cc(N)c(Cl)cc1NC(C)(C)C(C)O. The Morgan fingerprint density at radius 3 is 2.50 bits per heavy atom. The van der Waals surface area contributed by atoms with Gasteiger partial charge in [-0.3, -0.25) is 0 Å². The molecule has 0 radical (unpaired) electrons. The van der Waals surface area contributed by atoms with Gasteiger partial charge in [-0.15, -0.1) is 0 Å². The van der Waals surface area contributed by atoms with Crippen LogP contribution in [0.1, 0.15) is 26.3 Å². The summed E-state index contributed by atoms with van der Waals surface area (Å²) in [6.07, 6.45) is -0.469. The smallest absolute Gasteiger partial charge is 0.0736 e. The molecular formula is C12H19ClN2O. The maximum atomic E-state index is 9.64. The number of rotatable bonds is 3. The van der Waals surface area contributed by atoms with Crippen LogP contribution in [-0.2, 0) is 0 Å². The highest BCUT2D eigenvalue weighted by Crippen LogP contribution is 2.29. The zero-order chi connectivity index (χ0) is 12.5. The number of hydrogen-bond donors (Lipinski definition) is 3. The predicted molar refractivity (Wildman–Crippen MR) is 70.0 cm³/mol. The Labute approximate surface area is 102 Å². The molecule has 0 aliphatic heterocycles. The molecule has 0 heterocycles. The third kappa shape index (κ3) is 2.80. The first-order valence-corrected chi connectivity index (χ1v) is 5.63. The van der Waals surface area contributed by atoms with Crippen LogP contribution in [0.5, 0.6) is 0 Å². The summed E-state index contributed by atoms with van der Waals surface area (Å²) in [5.74, 6) is 0. The van der Waals surface area contributed by atoms with E-state index in [1.54, 1.807) is 13.0 Å². The fraction of sp³-hybridized carbons (Fsp3) is 0.500. The van der Waals surface area contributed by atoms with E-state index in [2.05, 4.69) is 5.32 Å². The van der Waals surface area contributed by atoms with Gasteiger partial charge in [-0.25, -0.2) is 0 Å². The Bertz CT molecular complexity index is 389. The van der Waals surface area contributed by atoms with Gasteiger partial charge in [0.05, 0.1) is 22.4 Å². The van der Waals surface area contributed by atoms with Gasteiger partial charge in [-0.2, -0.15) is 0 Å². The molecular weight excluding hydrogens is 224 g/mol. The molecule has 1 aromatic rings. The Balaban J connectivity index is 3.02. The van der Waals surface area contributed by atoms with Gasteiger partial charge >= 0.3 is 0 Å². The molecule has 0 amide bonds. The number of benzene rings is 1. The molecule has 0 saturated carbocycles. The zero-order valence-corrected chi connectivity index (χ0v) is 10.9. The Hall–Kier alpha value is -0.930. The van der Waals surface area contributed by atoms with Crippen LogP contribution in [0.25, 0.3) is 0 Å². The molecule has 0 aromatic heterocycles. The molecule has 0 saturated heterocycles. The summed E-state index contributed by atoms with van der Waals surface area (Å²) in [6, 6.07) is 3.61. The van der Waals surface area contributed by atoms with E-state index >= 15 is 0 Å². The lowest BCUT2D eigenvalue weighted by molar-refractivity contribution is 0.133. The molecule has 0 spiro atoms. The number of aliphatic hydroxyl groups is 1. The van der Waals surface area contributed by atoms with Gasteiger partial charge in [-0.05, 0) is 45.4 Å².